The van der Waals surface area contributed by atoms with Gasteiger partial charge in [-0.05, 0) is 25.3 Å². The number of hydrogen-bond acceptors (Lipinski definition) is 3. The highest BCUT2D eigenvalue weighted by Gasteiger charge is 2.30. The van der Waals surface area contributed by atoms with E-state index in [1.165, 1.54) is 0 Å². The molecule has 1 fully saturated rings. The average Bonchev–Trinajstić information content (AvgIpc) is 2.24. The van der Waals surface area contributed by atoms with Crippen molar-refractivity contribution < 1.29 is 9.84 Å². The van der Waals surface area contributed by atoms with E-state index in [9.17, 15) is 5.11 Å². The third-order valence-corrected chi connectivity index (χ3v) is 3.13. The van der Waals surface area contributed by atoms with Crippen LogP contribution in [-0.2, 0) is 10.3 Å². The highest BCUT2D eigenvalue weighted by molar-refractivity contribution is 5.21. The summed E-state index contributed by atoms with van der Waals surface area (Å²) in [5.74, 6) is 0. The smallest absolute Gasteiger partial charge is 0.110 e. The Bertz CT molecular complexity index is 331. The molecule has 1 aromatic rings. The van der Waals surface area contributed by atoms with Crippen LogP contribution in [0.25, 0.3) is 0 Å². The lowest BCUT2D eigenvalue weighted by atomic mass is 9.90. The van der Waals surface area contributed by atoms with Crippen molar-refractivity contribution in [3.05, 3.63) is 35.9 Å². The van der Waals surface area contributed by atoms with E-state index in [0.29, 0.717) is 6.61 Å². The number of aliphatic hydroxyl groups is 1. The van der Waals surface area contributed by atoms with Crippen LogP contribution in [-0.4, -0.2) is 23.9 Å². The zero-order chi connectivity index (χ0) is 11.6. The minimum absolute atomic E-state index is 0.227. The van der Waals surface area contributed by atoms with Crippen molar-refractivity contribution in [2.24, 2.45) is 5.73 Å². The number of benzene rings is 1. The fraction of sp³-hybridized carbons (Fsp3) is 0.538. The molecule has 0 amide bonds. The van der Waals surface area contributed by atoms with Crippen LogP contribution in [0, 0.1) is 0 Å². The lowest BCUT2D eigenvalue weighted by Gasteiger charge is -2.35. The summed E-state index contributed by atoms with van der Waals surface area (Å²) < 4.78 is 5.64. The van der Waals surface area contributed by atoms with Crippen molar-refractivity contribution in [1.82, 2.24) is 0 Å². The molecule has 3 heteroatoms. The first-order valence-electron chi connectivity index (χ1n) is 5.73. The number of hydrogen-bond donors (Lipinski definition) is 2. The summed E-state index contributed by atoms with van der Waals surface area (Å²) >= 11 is 0. The molecule has 3 nitrogen and oxygen atoms in total. The van der Waals surface area contributed by atoms with Gasteiger partial charge < -0.3 is 15.6 Å². The summed E-state index contributed by atoms with van der Waals surface area (Å²) in [5, 5.41) is 10.3. The first kappa shape index (κ1) is 11.6. The maximum absolute atomic E-state index is 10.3. The third kappa shape index (κ3) is 2.61. The number of rotatable bonds is 4. The van der Waals surface area contributed by atoms with Crippen molar-refractivity contribution >= 4 is 0 Å². The molecule has 0 heterocycles. The summed E-state index contributed by atoms with van der Waals surface area (Å²) in [6.07, 6.45) is 2.04. The van der Waals surface area contributed by atoms with Crippen LogP contribution in [0.5, 0.6) is 0 Å². The summed E-state index contributed by atoms with van der Waals surface area (Å²) in [5.41, 5.74) is 5.65. The highest BCUT2D eigenvalue weighted by atomic mass is 16.5. The molecule has 3 N–H and O–H groups in total. The number of nitrogens with two attached hydrogens (primary N) is 1. The monoisotopic (exact) mass is 221 g/mol. The molecular weight excluding hydrogens is 202 g/mol. The predicted molar refractivity (Wildman–Crippen MR) is 63.0 cm³/mol. The van der Waals surface area contributed by atoms with Gasteiger partial charge in [0.25, 0.3) is 0 Å². The van der Waals surface area contributed by atoms with E-state index in [-0.39, 0.29) is 12.1 Å². The Hall–Kier alpha value is -0.900. The summed E-state index contributed by atoms with van der Waals surface area (Å²) in [6.45, 7) is 2.11. The molecule has 88 valence electrons. The minimum atomic E-state index is -0.916. The second kappa shape index (κ2) is 4.53. The largest absolute Gasteiger partial charge is 0.383 e. The van der Waals surface area contributed by atoms with Crippen molar-refractivity contribution in [1.29, 1.82) is 0 Å². The van der Waals surface area contributed by atoms with E-state index in [4.69, 9.17) is 10.5 Å². The fourth-order valence-electron chi connectivity index (χ4n) is 1.90. The van der Waals surface area contributed by atoms with Crippen LogP contribution in [0.15, 0.2) is 30.3 Å². The quantitative estimate of drug-likeness (QED) is 0.808. The summed E-state index contributed by atoms with van der Waals surface area (Å²) in [7, 11) is 0. The normalized spacial score (nSPS) is 28.2. The molecule has 2 rings (SSSR count). The molecule has 0 aromatic heterocycles. The van der Waals surface area contributed by atoms with Gasteiger partial charge in [-0.3, -0.25) is 0 Å². The SMILES string of the molecule is CC(O)(COC1CC(N)C1)c1ccccc1. The molecule has 1 saturated carbocycles. The van der Waals surface area contributed by atoms with E-state index < -0.39 is 5.60 Å². The van der Waals surface area contributed by atoms with E-state index in [1.807, 2.05) is 30.3 Å². The maximum atomic E-state index is 10.3. The lowest BCUT2D eigenvalue weighted by Crippen LogP contribution is -2.43. The van der Waals surface area contributed by atoms with Gasteiger partial charge in [0.15, 0.2) is 0 Å². The molecule has 0 radical (unpaired) electrons. The Morgan fingerprint density at radius 2 is 2.00 bits per heavy atom. The molecule has 0 bridgehead atoms. The first-order chi connectivity index (χ1) is 7.58. The average molecular weight is 221 g/mol. The van der Waals surface area contributed by atoms with Crippen molar-refractivity contribution in [2.75, 3.05) is 6.61 Å². The van der Waals surface area contributed by atoms with Crippen LogP contribution in [0.2, 0.25) is 0 Å². The van der Waals surface area contributed by atoms with Crippen LogP contribution in [0.3, 0.4) is 0 Å². The molecule has 0 saturated heterocycles. The molecule has 1 aliphatic carbocycles. The Labute approximate surface area is 96.2 Å². The lowest BCUT2D eigenvalue weighted by molar-refractivity contribution is -0.0918. The van der Waals surface area contributed by atoms with Crippen molar-refractivity contribution in [3.8, 4) is 0 Å². The highest BCUT2D eigenvalue weighted by Crippen LogP contribution is 2.26. The zero-order valence-electron chi connectivity index (χ0n) is 9.60. The van der Waals surface area contributed by atoms with Gasteiger partial charge in [-0.1, -0.05) is 30.3 Å². The second-order valence-corrected chi connectivity index (χ2v) is 4.80. The van der Waals surface area contributed by atoms with Crippen LogP contribution >= 0.6 is 0 Å². The Morgan fingerprint density at radius 3 is 2.56 bits per heavy atom. The van der Waals surface area contributed by atoms with E-state index >= 15 is 0 Å². The standard InChI is InChI=1S/C13H19NO2/c1-13(15,10-5-3-2-4-6-10)9-16-12-7-11(14)8-12/h2-6,11-12,15H,7-9,14H2,1H3. The van der Waals surface area contributed by atoms with Gasteiger partial charge in [0.05, 0.1) is 12.7 Å². The van der Waals surface area contributed by atoms with Gasteiger partial charge in [0.2, 0.25) is 0 Å². The molecule has 0 spiro atoms. The molecule has 1 aliphatic rings. The minimum Gasteiger partial charge on any atom is -0.383 e. The van der Waals surface area contributed by atoms with E-state index in [1.54, 1.807) is 6.92 Å². The zero-order valence-corrected chi connectivity index (χ0v) is 9.60. The third-order valence-electron chi connectivity index (χ3n) is 3.13. The molecule has 1 atom stereocenters. The summed E-state index contributed by atoms with van der Waals surface area (Å²) in [6, 6.07) is 9.88. The van der Waals surface area contributed by atoms with Crippen LogP contribution in [0.4, 0.5) is 0 Å². The molecule has 16 heavy (non-hydrogen) atoms. The van der Waals surface area contributed by atoms with E-state index in [2.05, 4.69) is 0 Å². The van der Waals surface area contributed by atoms with Gasteiger partial charge >= 0.3 is 0 Å². The Morgan fingerprint density at radius 1 is 1.38 bits per heavy atom. The van der Waals surface area contributed by atoms with Gasteiger partial charge in [-0.15, -0.1) is 0 Å². The van der Waals surface area contributed by atoms with Crippen LogP contribution in [0.1, 0.15) is 25.3 Å². The predicted octanol–water partition coefficient (Wildman–Crippen LogP) is 1.40. The van der Waals surface area contributed by atoms with E-state index in [0.717, 1.165) is 18.4 Å². The maximum Gasteiger partial charge on any atom is 0.110 e. The van der Waals surface area contributed by atoms with Gasteiger partial charge in [0.1, 0.15) is 5.60 Å². The Balaban J connectivity index is 1.88. The molecule has 0 aliphatic heterocycles. The summed E-state index contributed by atoms with van der Waals surface area (Å²) in [4.78, 5) is 0. The van der Waals surface area contributed by atoms with Gasteiger partial charge in [-0.2, -0.15) is 0 Å². The second-order valence-electron chi connectivity index (χ2n) is 4.80. The van der Waals surface area contributed by atoms with Crippen LogP contribution < -0.4 is 5.73 Å². The Kier molecular flexibility index (Phi) is 3.28. The fourth-order valence-corrected chi connectivity index (χ4v) is 1.90. The van der Waals surface area contributed by atoms with Crippen molar-refractivity contribution in [2.45, 2.75) is 37.5 Å². The number of ether oxygens (including phenoxy) is 1. The van der Waals surface area contributed by atoms with Gasteiger partial charge in [0, 0.05) is 6.04 Å². The molecular formula is C13H19NO2. The molecule has 1 aromatic carbocycles. The topological polar surface area (TPSA) is 55.5 Å². The van der Waals surface area contributed by atoms with Crippen molar-refractivity contribution in [3.63, 3.8) is 0 Å². The first-order valence-corrected chi connectivity index (χ1v) is 5.73. The van der Waals surface area contributed by atoms with Gasteiger partial charge in [-0.25, -0.2) is 0 Å². The molecule has 1 unspecified atom stereocenters.